The highest BCUT2D eigenvalue weighted by molar-refractivity contribution is 6.92. The molecule has 0 saturated carbocycles. The summed E-state index contributed by atoms with van der Waals surface area (Å²) in [6.07, 6.45) is 0. The number of hydrogen-bond donors (Lipinski definition) is 0. The number of halogens is 1. The van der Waals surface area contributed by atoms with E-state index < -0.39 is 0 Å². The van der Waals surface area contributed by atoms with Crippen LogP contribution in [0.5, 0.6) is 0 Å². The number of benzene rings is 1. The Hall–Kier alpha value is -0.570. The standard InChI is InChI=1S/C7H5N.ClH.H3P/c8-6-7-4-2-1-3-5-7;;/h1-5H;1H;1H3. The lowest BCUT2D eigenvalue weighted by molar-refractivity contribution is 1.49. The van der Waals surface area contributed by atoms with E-state index in [0.717, 1.165) is 0 Å². The van der Waals surface area contributed by atoms with Gasteiger partial charge in [0.15, 0.2) is 0 Å². The zero-order valence-corrected chi connectivity index (χ0v) is 7.68. The quantitative estimate of drug-likeness (QED) is 0.551. The molecule has 0 N–H and O–H groups in total. The van der Waals surface area contributed by atoms with Crippen LogP contribution in [0.1, 0.15) is 5.56 Å². The van der Waals surface area contributed by atoms with Crippen molar-refractivity contribution >= 4 is 22.3 Å². The van der Waals surface area contributed by atoms with Crippen LogP contribution >= 0.6 is 22.3 Å². The fraction of sp³-hybridized carbons (Fsp3) is 0. The molecule has 0 aliphatic carbocycles. The Kier molecular flexibility index (Phi) is 7.95. The number of nitriles is 1. The molecule has 1 nitrogen and oxygen atoms in total. The summed E-state index contributed by atoms with van der Waals surface area (Å²) >= 11 is 0. The van der Waals surface area contributed by atoms with Crippen molar-refractivity contribution in [3.8, 4) is 6.07 Å². The molecule has 1 aromatic carbocycles. The monoisotopic (exact) mass is 173 g/mol. The van der Waals surface area contributed by atoms with Gasteiger partial charge in [0.05, 0.1) is 11.6 Å². The van der Waals surface area contributed by atoms with Gasteiger partial charge < -0.3 is 0 Å². The lowest BCUT2D eigenvalue weighted by Crippen LogP contribution is -1.66. The summed E-state index contributed by atoms with van der Waals surface area (Å²) in [5.41, 5.74) is 0.715. The van der Waals surface area contributed by atoms with E-state index in [4.69, 9.17) is 5.26 Å². The second-order valence-corrected chi connectivity index (χ2v) is 1.48. The van der Waals surface area contributed by atoms with E-state index in [2.05, 4.69) is 0 Å². The van der Waals surface area contributed by atoms with Crippen molar-refractivity contribution in [2.45, 2.75) is 0 Å². The molecule has 1 unspecified atom stereocenters. The zero-order chi connectivity index (χ0) is 5.82. The minimum atomic E-state index is 0. The van der Waals surface area contributed by atoms with Crippen LogP contribution in [0, 0.1) is 11.3 Å². The van der Waals surface area contributed by atoms with Crippen molar-refractivity contribution in [2.24, 2.45) is 0 Å². The first-order chi connectivity index (χ1) is 3.93. The summed E-state index contributed by atoms with van der Waals surface area (Å²) in [6.45, 7) is 0. The summed E-state index contributed by atoms with van der Waals surface area (Å²) in [5, 5.41) is 8.29. The van der Waals surface area contributed by atoms with Crippen molar-refractivity contribution in [1.29, 1.82) is 5.26 Å². The lowest BCUT2D eigenvalue weighted by atomic mass is 10.2. The van der Waals surface area contributed by atoms with Crippen molar-refractivity contribution in [1.82, 2.24) is 0 Å². The Morgan fingerprint density at radius 1 is 1.10 bits per heavy atom. The van der Waals surface area contributed by atoms with Gasteiger partial charge in [-0.1, -0.05) is 18.2 Å². The molecule has 1 atom stereocenters. The minimum absolute atomic E-state index is 0. The topological polar surface area (TPSA) is 23.8 Å². The second-order valence-electron chi connectivity index (χ2n) is 1.48. The fourth-order valence-electron chi connectivity index (χ4n) is 0.513. The van der Waals surface area contributed by atoms with Gasteiger partial charge in [0.1, 0.15) is 0 Å². The van der Waals surface area contributed by atoms with Crippen LogP contribution in [0.15, 0.2) is 30.3 Å². The first-order valence-corrected chi connectivity index (χ1v) is 2.38. The van der Waals surface area contributed by atoms with E-state index in [1.54, 1.807) is 12.1 Å². The van der Waals surface area contributed by atoms with Gasteiger partial charge in [-0.2, -0.15) is 15.2 Å². The van der Waals surface area contributed by atoms with Crippen LogP contribution in [0.4, 0.5) is 0 Å². The van der Waals surface area contributed by atoms with E-state index in [1.165, 1.54) is 0 Å². The van der Waals surface area contributed by atoms with Crippen molar-refractivity contribution in [2.75, 3.05) is 0 Å². The predicted octanol–water partition coefficient (Wildman–Crippen LogP) is 2.04. The molecule has 3 heteroatoms. The molecule has 0 amide bonds. The van der Waals surface area contributed by atoms with E-state index in [9.17, 15) is 0 Å². The molecule has 0 heterocycles. The van der Waals surface area contributed by atoms with E-state index >= 15 is 0 Å². The molecular weight excluding hydrogens is 165 g/mol. The van der Waals surface area contributed by atoms with E-state index in [-0.39, 0.29) is 22.3 Å². The Morgan fingerprint density at radius 2 is 1.60 bits per heavy atom. The normalized spacial score (nSPS) is 6.30. The zero-order valence-electron chi connectivity index (χ0n) is 5.45. The number of rotatable bonds is 0. The average Bonchev–Trinajstić information content (AvgIpc) is 1.90. The Labute approximate surface area is 70.1 Å². The Morgan fingerprint density at radius 3 is 1.90 bits per heavy atom. The average molecular weight is 174 g/mol. The number of hydrogen-bond acceptors (Lipinski definition) is 1. The minimum Gasteiger partial charge on any atom is -0.192 e. The predicted molar refractivity (Wildman–Crippen MR) is 49.5 cm³/mol. The van der Waals surface area contributed by atoms with Gasteiger partial charge in [-0.15, -0.1) is 12.4 Å². The summed E-state index contributed by atoms with van der Waals surface area (Å²) < 4.78 is 0. The molecule has 1 aromatic rings. The molecule has 0 bridgehead atoms. The summed E-state index contributed by atoms with van der Waals surface area (Å²) in [5.74, 6) is 0. The van der Waals surface area contributed by atoms with Crippen LogP contribution in [0.3, 0.4) is 0 Å². The third kappa shape index (κ3) is 3.45. The highest BCUT2D eigenvalue weighted by Crippen LogP contribution is 1.92. The largest absolute Gasteiger partial charge is 0.192 e. The van der Waals surface area contributed by atoms with Crippen molar-refractivity contribution in [3.63, 3.8) is 0 Å². The lowest BCUT2D eigenvalue weighted by Gasteiger charge is -1.80. The highest BCUT2D eigenvalue weighted by atomic mass is 35.5. The SMILES string of the molecule is Cl.N#Cc1ccccc1.P. The third-order valence-corrected chi connectivity index (χ3v) is 0.903. The summed E-state index contributed by atoms with van der Waals surface area (Å²) in [7, 11) is 0. The van der Waals surface area contributed by atoms with Gasteiger partial charge in [-0.25, -0.2) is 0 Å². The molecule has 1 rings (SSSR count). The molecular formula is C7H9ClNP. The maximum atomic E-state index is 8.29. The van der Waals surface area contributed by atoms with Crippen LogP contribution < -0.4 is 0 Å². The van der Waals surface area contributed by atoms with E-state index in [0.29, 0.717) is 5.56 Å². The maximum absolute atomic E-state index is 8.29. The Balaban J connectivity index is 0. The van der Waals surface area contributed by atoms with Crippen LogP contribution in [0.25, 0.3) is 0 Å². The molecule has 0 radical (unpaired) electrons. The smallest absolute Gasteiger partial charge is 0.0991 e. The fourth-order valence-corrected chi connectivity index (χ4v) is 0.513. The van der Waals surface area contributed by atoms with Crippen LogP contribution in [-0.2, 0) is 0 Å². The van der Waals surface area contributed by atoms with Gasteiger partial charge in [-0.3, -0.25) is 0 Å². The third-order valence-electron chi connectivity index (χ3n) is 0.903. The molecule has 0 saturated heterocycles. The van der Waals surface area contributed by atoms with Crippen molar-refractivity contribution < 1.29 is 0 Å². The molecule has 0 aromatic heterocycles. The maximum Gasteiger partial charge on any atom is 0.0991 e. The molecule has 0 aliphatic rings. The van der Waals surface area contributed by atoms with Gasteiger partial charge >= 0.3 is 0 Å². The second kappa shape index (κ2) is 6.55. The molecule has 0 aliphatic heterocycles. The molecule has 0 spiro atoms. The molecule has 10 heavy (non-hydrogen) atoms. The van der Waals surface area contributed by atoms with Crippen LogP contribution in [-0.4, -0.2) is 0 Å². The summed E-state index contributed by atoms with van der Waals surface area (Å²) in [6, 6.07) is 11.2. The first kappa shape index (κ1) is 12.1. The molecule has 54 valence electrons. The van der Waals surface area contributed by atoms with Gasteiger partial charge in [-0.05, 0) is 12.1 Å². The van der Waals surface area contributed by atoms with Gasteiger partial charge in [0.2, 0.25) is 0 Å². The number of nitrogens with zero attached hydrogens (tertiary/aromatic N) is 1. The Bertz CT molecular complexity index is 205. The highest BCUT2D eigenvalue weighted by Gasteiger charge is 1.79. The van der Waals surface area contributed by atoms with Crippen LogP contribution in [0.2, 0.25) is 0 Å². The van der Waals surface area contributed by atoms with Gasteiger partial charge in [0.25, 0.3) is 0 Å². The first-order valence-electron chi connectivity index (χ1n) is 2.38. The summed E-state index contributed by atoms with van der Waals surface area (Å²) in [4.78, 5) is 0. The van der Waals surface area contributed by atoms with Gasteiger partial charge in [0, 0.05) is 0 Å². The molecule has 0 fully saturated rings. The van der Waals surface area contributed by atoms with E-state index in [1.807, 2.05) is 24.3 Å². The van der Waals surface area contributed by atoms with Crippen molar-refractivity contribution in [3.05, 3.63) is 35.9 Å².